The van der Waals surface area contributed by atoms with E-state index < -0.39 is 16.4 Å². The third-order valence-corrected chi connectivity index (χ3v) is 8.63. The lowest BCUT2D eigenvalue weighted by atomic mass is 10.0. The number of ether oxygens (including phenoxy) is 1. The molecule has 44 heavy (non-hydrogen) atoms. The normalized spacial score (nSPS) is 16.7. The lowest BCUT2D eigenvalue weighted by Crippen LogP contribution is -2.50. The quantitative estimate of drug-likeness (QED) is 0.307. The fraction of sp³-hybridized carbons (Fsp3) is 0.484. The van der Waals surface area contributed by atoms with Crippen molar-refractivity contribution in [1.29, 1.82) is 0 Å². The van der Waals surface area contributed by atoms with E-state index in [1.807, 2.05) is 56.2 Å². The molecule has 13 heteroatoms. The molecule has 1 aliphatic heterocycles. The molecule has 1 N–H and O–H groups in total. The highest BCUT2D eigenvalue weighted by Gasteiger charge is 2.41. The molecule has 1 aliphatic carbocycles. The maximum atomic E-state index is 13.6. The van der Waals surface area contributed by atoms with Crippen LogP contribution in [-0.4, -0.2) is 82.5 Å². The summed E-state index contributed by atoms with van der Waals surface area (Å²) < 4.78 is 19.9. The first-order chi connectivity index (χ1) is 20.9. The number of carbonyl (C=O) groups is 2. The van der Waals surface area contributed by atoms with E-state index in [2.05, 4.69) is 30.2 Å². The highest BCUT2D eigenvalue weighted by atomic mass is 32.2. The molecule has 6 rings (SSSR count). The number of aryl methyl sites for hydroxylation is 2. The van der Waals surface area contributed by atoms with Crippen molar-refractivity contribution in [2.24, 2.45) is 0 Å². The number of anilines is 2. The molecular weight excluding hydrogens is 580 g/mol. The van der Waals surface area contributed by atoms with Crippen LogP contribution in [0.15, 0.2) is 35.9 Å². The third-order valence-electron chi connectivity index (χ3n) is 7.92. The molecule has 1 atom stereocenters. The fourth-order valence-electron chi connectivity index (χ4n) is 5.88. The lowest BCUT2D eigenvalue weighted by molar-refractivity contribution is 0.0114. The topological polar surface area (TPSA) is 135 Å². The Kier molecular flexibility index (Phi) is 7.76. The molecule has 2 fully saturated rings. The van der Waals surface area contributed by atoms with Gasteiger partial charge in [0, 0.05) is 54.9 Å². The zero-order valence-electron chi connectivity index (χ0n) is 26.0. The number of nitrogens with one attached hydrogen (secondary N) is 1. The molecule has 1 unspecified atom stereocenters. The monoisotopic (exact) mass is 618 g/mol. The van der Waals surface area contributed by atoms with Gasteiger partial charge in [-0.3, -0.25) is 14.0 Å². The second-order valence-electron chi connectivity index (χ2n) is 12.6. The molecule has 232 valence electrons. The van der Waals surface area contributed by atoms with Gasteiger partial charge in [0.05, 0.1) is 39.5 Å². The molecule has 12 nitrogen and oxygen atoms in total. The van der Waals surface area contributed by atoms with Crippen LogP contribution in [0.25, 0.3) is 16.6 Å². The summed E-state index contributed by atoms with van der Waals surface area (Å²) in [5.74, 6) is 0.0123. The lowest BCUT2D eigenvalue weighted by Gasteiger charge is -2.40. The van der Waals surface area contributed by atoms with Crippen molar-refractivity contribution in [3.8, 4) is 0 Å². The van der Waals surface area contributed by atoms with Gasteiger partial charge in [-0.25, -0.2) is 19.7 Å². The van der Waals surface area contributed by atoms with Gasteiger partial charge in [-0.2, -0.15) is 0 Å². The summed E-state index contributed by atoms with van der Waals surface area (Å²) in [6.07, 6.45) is 10.1. The van der Waals surface area contributed by atoms with E-state index in [1.54, 1.807) is 18.5 Å². The number of nitrogens with zero attached hydrogens (tertiary/aromatic N) is 7. The minimum absolute atomic E-state index is 0.100. The molecule has 0 spiro atoms. The molecular formula is C31H38N8O4S. The number of benzene rings is 1. The first-order valence-corrected chi connectivity index (χ1v) is 16.5. The molecule has 1 saturated heterocycles. The summed E-state index contributed by atoms with van der Waals surface area (Å²) in [4.78, 5) is 48.8. The van der Waals surface area contributed by atoms with Crippen LogP contribution < -0.4 is 10.2 Å². The van der Waals surface area contributed by atoms with Crippen molar-refractivity contribution >= 4 is 50.9 Å². The molecule has 1 aromatic carbocycles. The number of amides is 2. The highest BCUT2D eigenvalue weighted by molar-refractivity contribution is 7.84. The zero-order chi connectivity index (χ0) is 31.3. The van der Waals surface area contributed by atoms with Gasteiger partial charge in [0.25, 0.3) is 5.91 Å². The van der Waals surface area contributed by atoms with Crippen molar-refractivity contribution in [2.75, 3.05) is 29.6 Å². The first-order valence-electron chi connectivity index (χ1n) is 14.9. The number of fused-ring (bicyclic) bond motifs is 2. The number of piperidine rings is 1. The Labute approximate surface area is 258 Å². The molecule has 4 heterocycles. The number of carbonyl (C=O) groups excluding carboxylic acids is 2. The van der Waals surface area contributed by atoms with E-state index in [1.165, 1.54) is 6.26 Å². The van der Waals surface area contributed by atoms with Gasteiger partial charge < -0.3 is 24.3 Å². The molecule has 0 radical (unpaired) electrons. The molecule has 0 bridgehead atoms. The Morgan fingerprint density at radius 1 is 1.02 bits per heavy atom. The molecule has 2 amide bonds. The van der Waals surface area contributed by atoms with Gasteiger partial charge in [-0.15, -0.1) is 0 Å². The number of imidazole rings is 1. The van der Waals surface area contributed by atoms with Crippen LogP contribution in [0.4, 0.5) is 16.3 Å². The van der Waals surface area contributed by atoms with Crippen LogP contribution in [0, 0.1) is 13.8 Å². The minimum Gasteiger partial charge on any atom is -0.444 e. The van der Waals surface area contributed by atoms with Crippen LogP contribution in [-0.2, 0) is 15.5 Å². The van der Waals surface area contributed by atoms with E-state index in [-0.39, 0.29) is 29.2 Å². The van der Waals surface area contributed by atoms with Crippen molar-refractivity contribution < 1.29 is 18.5 Å². The van der Waals surface area contributed by atoms with Gasteiger partial charge >= 0.3 is 6.09 Å². The fourth-order valence-corrected chi connectivity index (χ4v) is 6.30. The average molecular weight is 619 g/mol. The maximum Gasteiger partial charge on any atom is 0.410 e. The van der Waals surface area contributed by atoms with Crippen LogP contribution >= 0.6 is 0 Å². The van der Waals surface area contributed by atoms with Gasteiger partial charge in [-0.1, -0.05) is 0 Å². The van der Waals surface area contributed by atoms with E-state index in [9.17, 15) is 13.8 Å². The van der Waals surface area contributed by atoms with Crippen LogP contribution in [0.2, 0.25) is 0 Å². The van der Waals surface area contributed by atoms with Crippen LogP contribution in [0.1, 0.15) is 68.2 Å². The van der Waals surface area contributed by atoms with Gasteiger partial charge in [0.2, 0.25) is 5.16 Å². The van der Waals surface area contributed by atoms with E-state index in [4.69, 9.17) is 4.74 Å². The largest absolute Gasteiger partial charge is 0.444 e. The predicted octanol–water partition coefficient (Wildman–Crippen LogP) is 4.65. The van der Waals surface area contributed by atoms with Crippen molar-refractivity contribution in [1.82, 2.24) is 29.2 Å². The molecule has 2 aliphatic rings. The second kappa shape index (κ2) is 11.4. The summed E-state index contributed by atoms with van der Waals surface area (Å²) in [7, 11) is -1.43. The molecule has 3 aromatic heterocycles. The SMILES string of the molecule is Cc1cn2cc(NC(=O)c3ccc(N4CCC(N(C(=O)OC(C)(C)C)C5CC5)CC4)c4cnc(S(C)=O)nc34)nc2c(C)n1. The summed E-state index contributed by atoms with van der Waals surface area (Å²) in [5.41, 5.74) is 3.38. The predicted molar refractivity (Wildman–Crippen MR) is 169 cm³/mol. The number of hydrogen-bond acceptors (Lipinski definition) is 9. The van der Waals surface area contributed by atoms with Gasteiger partial charge in [0.1, 0.15) is 5.60 Å². The van der Waals surface area contributed by atoms with Crippen molar-refractivity contribution in [3.05, 3.63) is 47.7 Å². The summed E-state index contributed by atoms with van der Waals surface area (Å²) in [6, 6.07) is 4.01. The first kappa shape index (κ1) is 29.9. The standard InChI is InChI=1S/C31H38N8O4S/c1-18-16-38-17-25(34-27(38)19(2)33-18)35-28(40)22-9-10-24(23-15-32-29(44(6)42)36-26(22)23)37-13-11-21(12-14-37)39(20-7-8-20)30(41)43-31(3,4)5/h9-10,15-17,20-21H,7-8,11-14H2,1-6H3,(H,35,40). The Morgan fingerprint density at radius 3 is 2.39 bits per heavy atom. The number of rotatable bonds is 6. The van der Waals surface area contributed by atoms with Crippen LogP contribution in [0.3, 0.4) is 0 Å². The Balaban J connectivity index is 1.26. The number of aromatic nitrogens is 5. The summed E-state index contributed by atoms with van der Waals surface area (Å²) >= 11 is 0. The average Bonchev–Trinajstić information content (AvgIpc) is 3.70. The Hall–Kier alpha value is -4.13. The second-order valence-corrected chi connectivity index (χ2v) is 13.9. The molecule has 4 aromatic rings. The summed E-state index contributed by atoms with van der Waals surface area (Å²) in [5, 5.41) is 3.75. The highest BCUT2D eigenvalue weighted by Crippen LogP contribution is 2.36. The van der Waals surface area contributed by atoms with E-state index in [0.29, 0.717) is 41.0 Å². The molecule has 1 saturated carbocycles. The van der Waals surface area contributed by atoms with Gasteiger partial charge in [-0.05, 0) is 72.4 Å². The third kappa shape index (κ3) is 6.10. The van der Waals surface area contributed by atoms with E-state index >= 15 is 0 Å². The minimum atomic E-state index is -1.43. The zero-order valence-corrected chi connectivity index (χ0v) is 26.8. The van der Waals surface area contributed by atoms with Crippen LogP contribution in [0.5, 0.6) is 0 Å². The van der Waals surface area contributed by atoms with Crippen molar-refractivity contribution in [3.63, 3.8) is 0 Å². The maximum absolute atomic E-state index is 13.6. The Bertz CT molecular complexity index is 1790. The van der Waals surface area contributed by atoms with Crippen molar-refractivity contribution in [2.45, 2.75) is 83.1 Å². The smallest absolute Gasteiger partial charge is 0.410 e. The van der Waals surface area contributed by atoms with E-state index in [0.717, 1.165) is 42.8 Å². The Morgan fingerprint density at radius 2 is 1.73 bits per heavy atom. The summed E-state index contributed by atoms with van der Waals surface area (Å²) in [6.45, 7) is 10.9. The van der Waals surface area contributed by atoms with Gasteiger partial charge in [0.15, 0.2) is 11.5 Å². The number of hydrogen-bond donors (Lipinski definition) is 1.